The molecule has 0 unspecified atom stereocenters. The van der Waals surface area contributed by atoms with Crippen LogP contribution in [0.15, 0.2) is 140 Å². The average Bonchev–Trinajstić information content (AvgIpc) is 3.51. The van der Waals surface area contributed by atoms with Gasteiger partial charge >= 0.3 is 12.1 Å². The first-order chi connectivity index (χ1) is 20.6. The number of amides is 1. The molecule has 7 heteroatoms. The molecule has 0 saturated heterocycles. The van der Waals surface area contributed by atoms with Gasteiger partial charge in [-0.3, -0.25) is 0 Å². The summed E-state index contributed by atoms with van der Waals surface area (Å²) in [5, 5.41) is 12.1. The molecule has 0 spiro atoms. The highest BCUT2D eigenvalue weighted by Gasteiger charge is 2.38. The van der Waals surface area contributed by atoms with Crippen molar-refractivity contribution in [2.24, 2.45) is 0 Å². The van der Waals surface area contributed by atoms with Gasteiger partial charge in [0.2, 0.25) is 0 Å². The Balaban J connectivity index is 1.39. The van der Waals surface area contributed by atoms with E-state index in [9.17, 15) is 14.7 Å². The van der Waals surface area contributed by atoms with Gasteiger partial charge in [-0.25, -0.2) is 14.6 Å². The van der Waals surface area contributed by atoms with Crippen molar-refractivity contribution in [1.82, 2.24) is 14.9 Å². The number of aliphatic carboxylic acids is 1. The first-order valence-corrected chi connectivity index (χ1v) is 13.6. The summed E-state index contributed by atoms with van der Waals surface area (Å²) in [6, 6.07) is 38.8. The predicted octanol–water partition coefficient (Wildman–Crippen LogP) is 6.51. The van der Waals surface area contributed by atoms with Crippen LogP contribution in [0.2, 0.25) is 0 Å². The Morgan fingerprint density at radius 3 is 1.81 bits per heavy atom. The summed E-state index contributed by atoms with van der Waals surface area (Å²) in [4.78, 5) is 28.7. The second kappa shape index (κ2) is 13.3. The second-order valence-electron chi connectivity index (χ2n) is 9.75. The minimum atomic E-state index is -1.15. The number of carbonyl (C=O) groups excluding carboxylic acids is 1. The molecule has 4 aromatic carbocycles. The van der Waals surface area contributed by atoms with Crippen LogP contribution in [-0.2, 0) is 21.7 Å². The lowest BCUT2D eigenvalue weighted by Gasteiger charge is -2.37. The largest absolute Gasteiger partial charge is 0.480 e. The Labute approximate surface area is 244 Å². The number of hydrogen-bond donors (Lipinski definition) is 2. The van der Waals surface area contributed by atoms with Crippen molar-refractivity contribution in [3.63, 3.8) is 0 Å². The number of hydrogen-bond acceptors (Lipinski definition) is 4. The van der Waals surface area contributed by atoms with E-state index in [4.69, 9.17) is 4.74 Å². The highest BCUT2D eigenvalue weighted by atomic mass is 16.5. The molecule has 0 bridgehead atoms. The van der Waals surface area contributed by atoms with Crippen molar-refractivity contribution in [3.05, 3.63) is 168 Å². The number of aromatic nitrogens is 2. The van der Waals surface area contributed by atoms with E-state index < -0.39 is 23.6 Å². The van der Waals surface area contributed by atoms with Crippen LogP contribution in [-0.4, -0.2) is 32.8 Å². The van der Waals surface area contributed by atoms with Crippen LogP contribution < -0.4 is 5.32 Å². The predicted molar refractivity (Wildman–Crippen MR) is 162 cm³/mol. The molecule has 1 aromatic heterocycles. The van der Waals surface area contributed by atoms with Crippen LogP contribution >= 0.6 is 0 Å². The smallest absolute Gasteiger partial charge is 0.408 e. The molecule has 1 atom stereocenters. The van der Waals surface area contributed by atoms with Gasteiger partial charge in [-0.1, -0.05) is 127 Å². The Morgan fingerprint density at radius 2 is 1.31 bits per heavy atom. The number of carboxylic acid groups (broad SMARTS) is 1. The Morgan fingerprint density at radius 1 is 0.810 bits per heavy atom. The number of nitrogens with one attached hydrogen (secondary N) is 1. The van der Waals surface area contributed by atoms with Gasteiger partial charge in [0.05, 0.1) is 12.0 Å². The third kappa shape index (κ3) is 6.31. The number of carboxylic acids is 1. The van der Waals surface area contributed by atoms with Crippen LogP contribution in [0.5, 0.6) is 0 Å². The standard InChI is InChI=1S/C35H31N3O4/c39-33(40)32(37-34(41)42-25-27-14-5-1-6-15-27)23-13-22-31-24-38(26-36-31)35(28-16-7-2-8-17-28,29-18-9-3-10-19-29)30-20-11-4-12-21-30/h1-22,24,26,32H,23,25H2,(H,37,41)(H,39,40)/t32-/m0/s1. The fraction of sp³-hybridized carbons (Fsp3) is 0.114. The molecule has 0 saturated carbocycles. The second-order valence-corrected chi connectivity index (χ2v) is 9.75. The molecule has 42 heavy (non-hydrogen) atoms. The molecule has 5 aromatic rings. The van der Waals surface area contributed by atoms with Crippen LogP contribution in [0.3, 0.4) is 0 Å². The van der Waals surface area contributed by atoms with Gasteiger partial charge in [0, 0.05) is 6.20 Å². The van der Waals surface area contributed by atoms with Gasteiger partial charge in [0.15, 0.2) is 0 Å². The molecular formula is C35H31N3O4. The number of nitrogens with zero attached hydrogens (tertiary/aromatic N) is 2. The maximum absolute atomic E-state index is 12.2. The molecule has 2 N–H and O–H groups in total. The number of alkyl carbamates (subject to hydrolysis) is 1. The summed E-state index contributed by atoms with van der Waals surface area (Å²) < 4.78 is 7.27. The van der Waals surface area contributed by atoms with Gasteiger partial charge in [-0.05, 0) is 34.8 Å². The van der Waals surface area contributed by atoms with E-state index in [-0.39, 0.29) is 13.0 Å². The van der Waals surface area contributed by atoms with Crippen molar-refractivity contribution in [3.8, 4) is 0 Å². The van der Waals surface area contributed by atoms with Crippen LogP contribution in [0.1, 0.15) is 34.4 Å². The van der Waals surface area contributed by atoms with Gasteiger partial charge in [-0.2, -0.15) is 0 Å². The normalized spacial score (nSPS) is 12.1. The number of benzene rings is 4. The van der Waals surface area contributed by atoms with Crippen molar-refractivity contribution in [1.29, 1.82) is 0 Å². The van der Waals surface area contributed by atoms with Crippen molar-refractivity contribution >= 4 is 18.1 Å². The van der Waals surface area contributed by atoms with Crippen molar-refractivity contribution in [2.45, 2.75) is 24.6 Å². The van der Waals surface area contributed by atoms with E-state index in [0.717, 1.165) is 22.3 Å². The maximum Gasteiger partial charge on any atom is 0.408 e. The van der Waals surface area contributed by atoms with E-state index in [1.165, 1.54) is 0 Å². The zero-order valence-electron chi connectivity index (χ0n) is 22.9. The molecule has 5 rings (SSSR count). The number of carbonyl (C=O) groups is 2. The zero-order valence-corrected chi connectivity index (χ0v) is 22.9. The minimum Gasteiger partial charge on any atom is -0.480 e. The molecular weight excluding hydrogens is 526 g/mol. The molecule has 0 aliphatic rings. The quantitative estimate of drug-likeness (QED) is 0.181. The summed E-state index contributed by atoms with van der Waals surface area (Å²) in [5.74, 6) is -1.15. The van der Waals surface area contributed by atoms with E-state index in [0.29, 0.717) is 5.69 Å². The maximum atomic E-state index is 12.2. The Bertz CT molecular complexity index is 1520. The monoisotopic (exact) mass is 557 g/mol. The Hall–Kier alpha value is -5.43. The summed E-state index contributed by atoms with van der Waals surface area (Å²) in [6.45, 7) is 0.0538. The minimum absolute atomic E-state index is 0.0538. The van der Waals surface area contributed by atoms with Crippen LogP contribution in [0.25, 0.3) is 6.08 Å². The highest BCUT2D eigenvalue weighted by Crippen LogP contribution is 2.40. The summed E-state index contributed by atoms with van der Waals surface area (Å²) in [7, 11) is 0. The van der Waals surface area contributed by atoms with Gasteiger partial charge < -0.3 is 19.7 Å². The van der Waals surface area contributed by atoms with E-state index in [1.807, 2.05) is 91.1 Å². The molecule has 1 amide bonds. The third-order valence-corrected chi connectivity index (χ3v) is 7.03. The van der Waals surface area contributed by atoms with Crippen molar-refractivity contribution < 1.29 is 19.4 Å². The SMILES string of the molecule is O=C(N[C@@H](CC=Cc1cn(C(c2ccccc2)(c2ccccc2)c2ccccc2)cn1)C(=O)O)OCc1ccccc1. The Kier molecular flexibility index (Phi) is 8.89. The molecule has 1 heterocycles. The number of imidazole rings is 1. The van der Waals surface area contributed by atoms with Crippen LogP contribution in [0, 0.1) is 0 Å². The first-order valence-electron chi connectivity index (χ1n) is 13.6. The van der Waals surface area contributed by atoms with Gasteiger partial charge in [0.25, 0.3) is 0 Å². The molecule has 7 nitrogen and oxygen atoms in total. The van der Waals surface area contributed by atoms with E-state index >= 15 is 0 Å². The first kappa shape index (κ1) is 28.1. The van der Waals surface area contributed by atoms with Gasteiger partial charge in [0.1, 0.15) is 18.2 Å². The number of ether oxygens (including phenoxy) is 1. The van der Waals surface area contributed by atoms with E-state index in [1.54, 1.807) is 18.5 Å². The van der Waals surface area contributed by atoms with Crippen molar-refractivity contribution in [2.75, 3.05) is 0 Å². The van der Waals surface area contributed by atoms with Crippen LogP contribution in [0.4, 0.5) is 4.79 Å². The number of rotatable bonds is 11. The third-order valence-electron chi connectivity index (χ3n) is 7.03. The highest BCUT2D eigenvalue weighted by molar-refractivity contribution is 5.80. The van der Waals surface area contributed by atoms with E-state index in [2.05, 4.69) is 51.3 Å². The fourth-order valence-corrected chi connectivity index (χ4v) is 5.05. The molecule has 0 fully saturated rings. The zero-order chi connectivity index (χ0) is 29.2. The lowest BCUT2D eigenvalue weighted by Crippen LogP contribution is -2.40. The lowest BCUT2D eigenvalue weighted by atomic mass is 9.77. The summed E-state index contributed by atoms with van der Waals surface area (Å²) >= 11 is 0. The lowest BCUT2D eigenvalue weighted by molar-refractivity contribution is -0.139. The summed E-state index contributed by atoms with van der Waals surface area (Å²) in [5.41, 5.74) is 3.97. The average molecular weight is 558 g/mol. The van der Waals surface area contributed by atoms with Gasteiger partial charge in [-0.15, -0.1) is 0 Å². The molecule has 0 aliphatic heterocycles. The fourth-order valence-electron chi connectivity index (χ4n) is 5.05. The summed E-state index contributed by atoms with van der Waals surface area (Å²) in [6.07, 6.45) is 6.46. The molecule has 210 valence electrons. The molecule has 0 aliphatic carbocycles. The topological polar surface area (TPSA) is 93.5 Å². The molecule has 0 radical (unpaired) electrons.